The van der Waals surface area contributed by atoms with Crippen molar-refractivity contribution in [2.45, 2.75) is 0 Å². The number of hydrogen-bond donors (Lipinski definition) is 0. The predicted octanol–water partition coefficient (Wildman–Crippen LogP) is 2.95. The average molecular weight is 388 g/mol. The van der Waals surface area contributed by atoms with Gasteiger partial charge >= 0.3 is 5.63 Å². The Morgan fingerprint density at radius 3 is 2.37 bits per heavy atom. The van der Waals surface area contributed by atoms with E-state index >= 15 is 0 Å². The van der Waals surface area contributed by atoms with Crippen molar-refractivity contribution in [1.29, 1.82) is 0 Å². The van der Waals surface area contributed by atoms with Crippen LogP contribution in [-0.4, -0.2) is 22.2 Å². The van der Waals surface area contributed by atoms with Gasteiger partial charge in [-0.1, -0.05) is 37.9 Å². The molecule has 0 saturated heterocycles. The molecule has 0 spiro atoms. The summed E-state index contributed by atoms with van der Waals surface area (Å²) in [4.78, 5) is 34.8. The molecule has 0 aliphatic rings. The molecule has 1 heterocycles. The van der Waals surface area contributed by atoms with Crippen LogP contribution in [0, 0.1) is 0 Å². The van der Waals surface area contributed by atoms with Crippen LogP contribution >= 0.6 is 31.9 Å². The number of Topliss-reactive ketones (excluding diaryl/α,β-unsaturated/α-hetero) is 2. The lowest BCUT2D eigenvalue weighted by molar-refractivity contribution is 0.101. The SMILES string of the molecule is O=C(CBr)c1ccc2c(C(=O)CBr)cc(=O)oc2c1. The number of alkyl halides is 2. The van der Waals surface area contributed by atoms with E-state index in [9.17, 15) is 14.4 Å². The fourth-order valence-electron chi connectivity index (χ4n) is 1.72. The minimum atomic E-state index is -0.611. The van der Waals surface area contributed by atoms with E-state index in [1.807, 2.05) is 0 Å². The maximum atomic E-state index is 11.8. The minimum Gasteiger partial charge on any atom is -0.423 e. The highest BCUT2D eigenvalue weighted by atomic mass is 79.9. The van der Waals surface area contributed by atoms with Gasteiger partial charge in [0.15, 0.2) is 11.6 Å². The third-order valence-corrected chi connectivity index (χ3v) is 3.63. The van der Waals surface area contributed by atoms with Crippen LogP contribution in [0.25, 0.3) is 11.0 Å². The van der Waals surface area contributed by atoms with Gasteiger partial charge in [-0.3, -0.25) is 9.59 Å². The molecule has 2 aromatic rings. The van der Waals surface area contributed by atoms with Crippen LogP contribution in [0.2, 0.25) is 0 Å². The summed E-state index contributed by atoms with van der Waals surface area (Å²) in [7, 11) is 0. The van der Waals surface area contributed by atoms with Gasteiger partial charge in [0.1, 0.15) is 5.58 Å². The molecule has 4 nitrogen and oxygen atoms in total. The van der Waals surface area contributed by atoms with Crippen LogP contribution in [0.3, 0.4) is 0 Å². The summed E-state index contributed by atoms with van der Waals surface area (Å²) in [5.74, 6) is -0.334. The van der Waals surface area contributed by atoms with E-state index in [4.69, 9.17) is 4.42 Å². The molecule has 1 aromatic heterocycles. The van der Waals surface area contributed by atoms with Gasteiger partial charge in [0.25, 0.3) is 0 Å². The second-order valence-corrected chi connectivity index (χ2v) is 4.93. The Hall–Kier alpha value is -1.27. The van der Waals surface area contributed by atoms with Crippen LogP contribution in [0.15, 0.2) is 33.5 Å². The molecule has 0 bridgehead atoms. The van der Waals surface area contributed by atoms with Crippen molar-refractivity contribution in [2.75, 3.05) is 10.7 Å². The number of benzene rings is 1. The second kappa shape index (κ2) is 5.79. The van der Waals surface area contributed by atoms with E-state index in [0.29, 0.717) is 16.5 Å². The van der Waals surface area contributed by atoms with Crippen LogP contribution < -0.4 is 5.63 Å². The number of halogens is 2. The van der Waals surface area contributed by atoms with Crippen LogP contribution in [-0.2, 0) is 0 Å². The average Bonchev–Trinajstić information content (AvgIpc) is 2.43. The summed E-state index contributed by atoms with van der Waals surface area (Å²) in [5.41, 5.74) is 0.348. The highest BCUT2D eigenvalue weighted by Gasteiger charge is 2.14. The van der Waals surface area contributed by atoms with Gasteiger partial charge in [-0.2, -0.15) is 0 Å². The molecule has 0 radical (unpaired) electrons. The van der Waals surface area contributed by atoms with Gasteiger partial charge in [-0.25, -0.2) is 4.79 Å². The molecule has 1 aromatic carbocycles. The van der Waals surface area contributed by atoms with E-state index in [1.165, 1.54) is 6.07 Å². The first kappa shape index (κ1) is 14.1. The number of carbonyl (C=O) groups is 2. The molecule has 19 heavy (non-hydrogen) atoms. The molecule has 0 aliphatic heterocycles. The largest absolute Gasteiger partial charge is 0.423 e. The smallest absolute Gasteiger partial charge is 0.336 e. The lowest BCUT2D eigenvalue weighted by Crippen LogP contribution is -2.08. The van der Waals surface area contributed by atoms with E-state index in [2.05, 4.69) is 31.9 Å². The topological polar surface area (TPSA) is 64.3 Å². The molecule has 6 heteroatoms. The first-order valence-electron chi connectivity index (χ1n) is 5.33. The Kier molecular flexibility index (Phi) is 4.31. The van der Waals surface area contributed by atoms with Crippen molar-refractivity contribution in [2.24, 2.45) is 0 Å². The predicted molar refractivity (Wildman–Crippen MR) is 78.7 cm³/mol. The lowest BCUT2D eigenvalue weighted by Gasteiger charge is -2.04. The first-order chi connectivity index (χ1) is 9.06. The summed E-state index contributed by atoms with van der Waals surface area (Å²) in [6.45, 7) is 0. The van der Waals surface area contributed by atoms with Gasteiger partial charge < -0.3 is 4.42 Å². The quantitative estimate of drug-likeness (QED) is 0.459. The van der Waals surface area contributed by atoms with Gasteiger partial charge in [0, 0.05) is 22.6 Å². The number of fused-ring (bicyclic) bond motifs is 1. The zero-order valence-electron chi connectivity index (χ0n) is 9.61. The summed E-state index contributed by atoms with van der Waals surface area (Å²) in [6, 6.07) is 5.87. The molecule has 0 fully saturated rings. The van der Waals surface area contributed by atoms with Crippen LogP contribution in [0.1, 0.15) is 20.7 Å². The number of carbonyl (C=O) groups excluding carboxylic acids is 2. The first-order valence-corrected chi connectivity index (χ1v) is 7.57. The molecule has 98 valence electrons. The molecular weight excluding hydrogens is 380 g/mol. The lowest BCUT2D eigenvalue weighted by atomic mass is 10.0. The Morgan fingerprint density at radius 2 is 1.74 bits per heavy atom. The van der Waals surface area contributed by atoms with Crippen LogP contribution in [0.4, 0.5) is 0 Å². The number of hydrogen-bond acceptors (Lipinski definition) is 4. The Balaban J connectivity index is 2.71. The van der Waals surface area contributed by atoms with E-state index < -0.39 is 5.63 Å². The van der Waals surface area contributed by atoms with Gasteiger partial charge in [0.2, 0.25) is 0 Å². The standard InChI is InChI=1S/C13H8Br2O4/c14-5-10(16)7-1-2-8-9(11(17)6-15)4-13(18)19-12(8)3-7/h1-4H,5-6H2. The Morgan fingerprint density at radius 1 is 1.05 bits per heavy atom. The molecule has 0 unspecified atom stereocenters. The van der Waals surface area contributed by atoms with E-state index in [1.54, 1.807) is 12.1 Å². The summed E-state index contributed by atoms with van der Waals surface area (Å²) >= 11 is 6.14. The van der Waals surface area contributed by atoms with Gasteiger partial charge in [0.05, 0.1) is 10.7 Å². The fourth-order valence-corrected chi connectivity index (χ4v) is 2.34. The summed E-state index contributed by atoms with van der Waals surface area (Å²) in [6.07, 6.45) is 0. The number of ketones is 2. The highest BCUT2D eigenvalue weighted by Crippen LogP contribution is 2.20. The molecule has 0 saturated carbocycles. The third kappa shape index (κ3) is 2.84. The molecule has 0 N–H and O–H groups in total. The molecular formula is C13H8Br2O4. The van der Waals surface area contributed by atoms with Crippen molar-refractivity contribution in [1.82, 2.24) is 0 Å². The van der Waals surface area contributed by atoms with Crippen LogP contribution in [0.5, 0.6) is 0 Å². The van der Waals surface area contributed by atoms with E-state index in [-0.39, 0.29) is 27.8 Å². The zero-order chi connectivity index (χ0) is 14.0. The summed E-state index contributed by atoms with van der Waals surface area (Å²) < 4.78 is 5.04. The van der Waals surface area contributed by atoms with Gasteiger partial charge in [-0.05, 0) is 12.1 Å². The maximum Gasteiger partial charge on any atom is 0.336 e. The molecule has 0 amide bonds. The zero-order valence-corrected chi connectivity index (χ0v) is 12.8. The molecule has 0 atom stereocenters. The van der Waals surface area contributed by atoms with Crippen molar-refractivity contribution < 1.29 is 14.0 Å². The molecule has 0 aliphatic carbocycles. The number of rotatable bonds is 4. The van der Waals surface area contributed by atoms with Gasteiger partial charge in [-0.15, -0.1) is 0 Å². The fraction of sp³-hybridized carbons (Fsp3) is 0.154. The van der Waals surface area contributed by atoms with Crippen molar-refractivity contribution in [3.05, 3.63) is 45.8 Å². The van der Waals surface area contributed by atoms with Crippen molar-refractivity contribution >= 4 is 54.4 Å². The second-order valence-electron chi connectivity index (χ2n) is 3.80. The Bertz CT molecular complexity index is 718. The van der Waals surface area contributed by atoms with Crippen molar-refractivity contribution in [3.8, 4) is 0 Å². The molecule has 2 rings (SSSR count). The third-order valence-electron chi connectivity index (χ3n) is 2.61. The van der Waals surface area contributed by atoms with E-state index in [0.717, 1.165) is 6.07 Å². The minimum absolute atomic E-state index is 0.119. The monoisotopic (exact) mass is 386 g/mol. The Labute approximate surface area is 125 Å². The van der Waals surface area contributed by atoms with Crippen molar-refractivity contribution in [3.63, 3.8) is 0 Å². The summed E-state index contributed by atoms with van der Waals surface area (Å²) in [5, 5.41) is 0.825. The maximum absolute atomic E-state index is 11.8. The normalized spacial score (nSPS) is 10.6. The highest BCUT2D eigenvalue weighted by molar-refractivity contribution is 9.09.